The summed E-state index contributed by atoms with van der Waals surface area (Å²) in [4.78, 5) is 14.9. The van der Waals surface area contributed by atoms with Gasteiger partial charge >= 0.3 is 5.97 Å². The number of alkyl halides is 2. The molecule has 15 heavy (non-hydrogen) atoms. The smallest absolute Gasteiger partial charge is 0.339 e. The molecule has 0 aliphatic carbocycles. The molecule has 0 aliphatic rings. The molecule has 0 saturated heterocycles. The standard InChI is InChI=1S/C10H11F2NO2/c1-3-15-10(14)8-5-13-4-7(6(8)2)9(11)12/h4-5,9H,3H2,1-2H3. The van der Waals surface area contributed by atoms with Crippen molar-refractivity contribution in [3.05, 3.63) is 29.1 Å². The summed E-state index contributed by atoms with van der Waals surface area (Å²) >= 11 is 0. The zero-order chi connectivity index (χ0) is 11.4. The fourth-order valence-electron chi connectivity index (χ4n) is 1.18. The Morgan fingerprint density at radius 2 is 2.20 bits per heavy atom. The van der Waals surface area contributed by atoms with Gasteiger partial charge in [0.1, 0.15) is 0 Å². The third-order valence-electron chi connectivity index (χ3n) is 1.98. The lowest BCUT2D eigenvalue weighted by Gasteiger charge is -2.08. The molecule has 0 radical (unpaired) electrons. The Kier molecular flexibility index (Phi) is 3.71. The molecule has 1 heterocycles. The third-order valence-corrected chi connectivity index (χ3v) is 1.98. The van der Waals surface area contributed by atoms with Crippen LogP contribution in [0.25, 0.3) is 0 Å². The summed E-state index contributed by atoms with van der Waals surface area (Å²) in [6, 6.07) is 0. The van der Waals surface area contributed by atoms with Crippen molar-refractivity contribution in [2.45, 2.75) is 20.3 Å². The summed E-state index contributed by atoms with van der Waals surface area (Å²) < 4.78 is 29.6. The van der Waals surface area contributed by atoms with Crippen LogP contribution in [-0.2, 0) is 4.74 Å². The molecule has 0 unspecified atom stereocenters. The number of rotatable bonds is 3. The Morgan fingerprint density at radius 3 is 2.73 bits per heavy atom. The van der Waals surface area contributed by atoms with Crippen LogP contribution in [0.5, 0.6) is 0 Å². The average Bonchev–Trinajstić information content (AvgIpc) is 2.17. The van der Waals surface area contributed by atoms with Gasteiger partial charge in [-0.2, -0.15) is 0 Å². The molecule has 5 heteroatoms. The molecular formula is C10H11F2NO2. The number of carbonyl (C=O) groups is 1. The van der Waals surface area contributed by atoms with Gasteiger partial charge in [0.15, 0.2) is 0 Å². The zero-order valence-corrected chi connectivity index (χ0v) is 8.46. The van der Waals surface area contributed by atoms with Crippen LogP contribution in [0.1, 0.15) is 34.8 Å². The molecular weight excluding hydrogens is 204 g/mol. The van der Waals surface area contributed by atoms with E-state index in [-0.39, 0.29) is 23.3 Å². The van der Waals surface area contributed by atoms with Crippen LogP contribution >= 0.6 is 0 Å². The van der Waals surface area contributed by atoms with E-state index in [0.29, 0.717) is 0 Å². The van der Waals surface area contributed by atoms with Gasteiger partial charge in [0.25, 0.3) is 6.43 Å². The highest BCUT2D eigenvalue weighted by Gasteiger charge is 2.18. The third kappa shape index (κ3) is 2.49. The van der Waals surface area contributed by atoms with Crippen molar-refractivity contribution < 1.29 is 18.3 Å². The summed E-state index contributed by atoms with van der Waals surface area (Å²) in [6.07, 6.45) is -0.339. The number of hydrogen-bond acceptors (Lipinski definition) is 3. The van der Waals surface area contributed by atoms with E-state index < -0.39 is 12.4 Å². The lowest BCUT2D eigenvalue weighted by atomic mass is 10.1. The highest BCUT2D eigenvalue weighted by molar-refractivity contribution is 5.90. The first-order valence-corrected chi connectivity index (χ1v) is 4.47. The van der Waals surface area contributed by atoms with Gasteiger partial charge in [0.2, 0.25) is 0 Å². The van der Waals surface area contributed by atoms with E-state index in [9.17, 15) is 13.6 Å². The topological polar surface area (TPSA) is 39.2 Å². The molecule has 0 amide bonds. The zero-order valence-electron chi connectivity index (χ0n) is 8.46. The van der Waals surface area contributed by atoms with E-state index in [1.54, 1.807) is 6.92 Å². The summed E-state index contributed by atoms with van der Waals surface area (Å²) in [5.41, 5.74) is 0.0775. The van der Waals surface area contributed by atoms with Crippen LogP contribution in [0, 0.1) is 6.92 Å². The molecule has 0 saturated carbocycles. The number of hydrogen-bond donors (Lipinski definition) is 0. The average molecular weight is 215 g/mol. The van der Waals surface area contributed by atoms with Crippen molar-refractivity contribution in [3.63, 3.8) is 0 Å². The van der Waals surface area contributed by atoms with Crippen LogP contribution in [0.4, 0.5) is 8.78 Å². The summed E-state index contributed by atoms with van der Waals surface area (Å²) in [6.45, 7) is 3.31. The number of pyridine rings is 1. The van der Waals surface area contributed by atoms with E-state index in [4.69, 9.17) is 4.74 Å². The number of carbonyl (C=O) groups excluding carboxylic acids is 1. The minimum absolute atomic E-state index is 0.0923. The van der Waals surface area contributed by atoms with E-state index in [0.717, 1.165) is 6.20 Å². The van der Waals surface area contributed by atoms with Gasteiger partial charge in [-0.3, -0.25) is 4.98 Å². The largest absolute Gasteiger partial charge is 0.462 e. The summed E-state index contributed by atoms with van der Waals surface area (Å²) in [5.74, 6) is -0.620. The van der Waals surface area contributed by atoms with Crippen LogP contribution in [0.15, 0.2) is 12.4 Å². The van der Waals surface area contributed by atoms with Gasteiger partial charge < -0.3 is 4.74 Å². The number of aromatic nitrogens is 1. The fraction of sp³-hybridized carbons (Fsp3) is 0.400. The van der Waals surface area contributed by atoms with E-state index in [1.807, 2.05) is 0 Å². The van der Waals surface area contributed by atoms with Crippen LogP contribution in [0.3, 0.4) is 0 Å². The Morgan fingerprint density at radius 1 is 1.53 bits per heavy atom. The molecule has 0 bridgehead atoms. The van der Waals surface area contributed by atoms with E-state index in [1.165, 1.54) is 13.1 Å². The predicted octanol–water partition coefficient (Wildman–Crippen LogP) is 2.50. The molecule has 0 N–H and O–H groups in total. The van der Waals surface area contributed by atoms with Gasteiger partial charge in [-0.1, -0.05) is 0 Å². The highest BCUT2D eigenvalue weighted by Crippen LogP contribution is 2.23. The Labute approximate surface area is 86.1 Å². The van der Waals surface area contributed by atoms with Gasteiger partial charge in [-0.25, -0.2) is 13.6 Å². The van der Waals surface area contributed by atoms with Crippen molar-refractivity contribution in [2.75, 3.05) is 6.61 Å². The molecule has 82 valence electrons. The summed E-state index contributed by atoms with van der Waals surface area (Å²) in [7, 11) is 0. The Balaban J connectivity index is 3.09. The maximum absolute atomic E-state index is 12.5. The maximum atomic E-state index is 12.5. The molecule has 0 atom stereocenters. The molecule has 0 aromatic carbocycles. The van der Waals surface area contributed by atoms with Crippen LogP contribution in [-0.4, -0.2) is 17.6 Å². The maximum Gasteiger partial charge on any atom is 0.339 e. The molecule has 1 rings (SSSR count). The molecule has 0 spiro atoms. The molecule has 0 aliphatic heterocycles. The molecule has 1 aromatic heterocycles. The van der Waals surface area contributed by atoms with Gasteiger partial charge in [-0.05, 0) is 19.4 Å². The lowest BCUT2D eigenvalue weighted by molar-refractivity contribution is 0.0524. The van der Waals surface area contributed by atoms with Crippen molar-refractivity contribution in [1.82, 2.24) is 4.98 Å². The molecule has 1 aromatic rings. The van der Waals surface area contributed by atoms with E-state index >= 15 is 0 Å². The van der Waals surface area contributed by atoms with Crippen molar-refractivity contribution >= 4 is 5.97 Å². The lowest BCUT2D eigenvalue weighted by Crippen LogP contribution is -2.09. The Bertz CT molecular complexity index is 366. The Hall–Kier alpha value is -1.52. The minimum atomic E-state index is -2.63. The second-order valence-electron chi connectivity index (χ2n) is 2.92. The first-order valence-electron chi connectivity index (χ1n) is 4.47. The minimum Gasteiger partial charge on any atom is -0.462 e. The van der Waals surface area contributed by atoms with Crippen molar-refractivity contribution in [1.29, 1.82) is 0 Å². The quantitative estimate of drug-likeness (QED) is 0.727. The number of nitrogens with zero attached hydrogens (tertiary/aromatic N) is 1. The first-order chi connectivity index (χ1) is 7.07. The predicted molar refractivity (Wildman–Crippen MR) is 49.9 cm³/mol. The highest BCUT2D eigenvalue weighted by atomic mass is 19.3. The van der Waals surface area contributed by atoms with Gasteiger partial charge in [-0.15, -0.1) is 0 Å². The van der Waals surface area contributed by atoms with Gasteiger partial charge in [0.05, 0.1) is 12.2 Å². The number of halogens is 2. The first kappa shape index (κ1) is 11.6. The second-order valence-corrected chi connectivity index (χ2v) is 2.92. The molecule has 0 fully saturated rings. The van der Waals surface area contributed by atoms with Crippen molar-refractivity contribution in [3.8, 4) is 0 Å². The normalized spacial score (nSPS) is 10.5. The number of ether oxygens (including phenoxy) is 1. The fourth-order valence-corrected chi connectivity index (χ4v) is 1.18. The number of esters is 1. The monoisotopic (exact) mass is 215 g/mol. The van der Waals surface area contributed by atoms with Crippen molar-refractivity contribution in [2.24, 2.45) is 0 Å². The SMILES string of the molecule is CCOC(=O)c1cncc(C(F)F)c1C. The van der Waals surface area contributed by atoms with Crippen LogP contribution < -0.4 is 0 Å². The second kappa shape index (κ2) is 4.82. The summed E-state index contributed by atoms with van der Waals surface area (Å²) in [5, 5.41) is 0. The molecule has 3 nitrogen and oxygen atoms in total. The van der Waals surface area contributed by atoms with Gasteiger partial charge in [0, 0.05) is 18.0 Å². The van der Waals surface area contributed by atoms with E-state index in [2.05, 4.69) is 4.98 Å². The van der Waals surface area contributed by atoms with Crippen LogP contribution in [0.2, 0.25) is 0 Å².